The van der Waals surface area contributed by atoms with Crippen LogP contribution in [0.25, 0.3) is 0 Å². The fraction of sp³-hybridized carbons (Fsp3) is 0.250. The van der Waals surface area contributed by atoms with Gasteiger partial charge >= 0.3 is 29.6 Å². The average Bonchev–Trinajstić information content (AvgIpc) is 2.11. The molecule has 5 heteroatoms. The zero-order chi connectivity index (χ0) is 9.40. The molecule has 2 N–H and O–H groups in total. The predicted octanol–water partition coefficient (Wildman–Crippen LogP) is -0.357. The van der Waals surface area contributed by atoms with Crippen LogP contribution in [0.5, 0.6) is 0 Å². The molecule has 1 nitrogen and oxygen atoms in total. The second-order valence-corrected chi connectivity index (χ2v) is 3.11. The summed E-state index contributed by atoms with van der Waals surface area (Å²) in [7, 11) is 0. The molecule has 0 aliphatic heterocycles. The third-order valence-corrected chi connectivity index (χ3v) is 1.93. The summed E-state index contributed by atoms with van der Waals surface area (Å²) in [4.78, 5) is 0.729. The predicted molar refractivity (Wildman–Crippen MR) is 57.9 cm³/mol. The van der Waals surface area contributed by atoms with Crippen molar-refractivity contribution in [2.45, 2.75) is 4.90 Å². The number of alkyl halides is 2. The number of hydrogen-bond acceptors (Lipinski definition) is 2. The van der Waals surface area contributed by atoms with E-state index >= 15 is 0 Å². The van der Waals surface area contributed by atoms with Crippen molar-refractivity contribution in [2.75, 3.05) is 17.5 Å². The smallest absolute Gasteiger partial charge is 0.778 e. The summed E-state index contributed by atoms with van der Waals surface area (Å²) in [6, 6.07) is 7.34. The molecule has 0 radical (unpaired) electrons. The Hall–Kier alpha value is 0.820. The third-order valence-electron chi connectivity index (χ3n) is 0.990. The van der Waals surface area contributed by atoms with Gasteiger partial charge in [0, 0.05) is 17.4 Å². The number of anilines is 1. The molecule has 1 aromatic carbocycles. The zero-order valence-electron chi connectivity index (χ0n) is 7.47. The molecule has 0 aliphatic carbocycles. The molecule has 0 heterocycles. The largest absolute Gasteiger partial charge is 1.00 e. The van der Waals surface area contributed by atoms with E-state index in [0.717, 1.165) is 4.90 Å². The summed E-state index contributed by atoms with van der Waals surface area (Å²) in [6.07, 6.45) is 0. The van der Waals surface area contributed by atoms with E-state index in [1.54, 1.807) is 6.07 Å². The molecule has 0 aromatic heterocycles. The first kappa shape index (κ1) is 16.3. The summed E-state index contributed by atoms with van der Waals surface area (Å²) in [6.45, 7) is 0. The number of para-hydroxylation sites is 1. The Morgan fingerprint density at radius 3 is 1.85 bits per heavy atom. The van der Waals surface area contributed by atoms with E-state index in [4.69, 9.17) is 41.6 Å². The van der Waals surface area contributed by atoms with Crippen LogP contribution in [0.1, 0.15) is 0 Å². The molecule has 0 amide bonds. The van der Waals surface area contributed by atoms with E-state index in [9.17, 15) is 0 Å². The molecule has 0 saturated carbocycles. The minimum absolute atomic E-state index is 0. The Kier molecular flexibility index (Phi) is 13.6. The molecular weight excluding hydrogens is 236 g/mol. The minimum Gasteiger partial charge on any atom is -0.778 e. The molecule has 0 saturated heterocycles. The van der Waals surface area contributed by atoms with Gasteiger partial charge in [-0.25, -0.2) is 0 Å². The maximum absolute atomic E-state index is 5.42. The number of rotatable bonds is 1. The van der Waals surface area contributed by atoms with Crippen LogP contribution < -0.4 is 35.3 Å². The van der Waals surface area contributed by atoms with Gasteiger partial charge in [-0.3, -0.25) is 0 Å². The summed E-state index contributed by atoms with van der Waals surface area (Å²) in [5.41, 5.74) is 6.10. The Bertz CT molecular complexity index is 200. The number of hydrogen-bond donors (Lipinski definition) is 1. The first-order chi connectivity index (χ1) is 5.72. The van der Waals surface area contributed by atoms with Gasteiger partial charge in [-0.05, 0) is 6.07 Å². The Morgan fingerprint density at radius 1 is 1.15 bits per heavy atom. The number of nitrogen functional groups attached to an aromatic ring is 1. The maximum atomic E-state index is 5.42. The fourth-order valence-electron chi connectivity index (χ4n) is 0.481. The normalized spacial score (nSPS) is 7.85. The summed E-state index contributed by atoms with van der Waals surface area (Å²) >= 11 is 14.9. The molecule has 68 valence electrons. The Labute approximate surface area is 117 Å². The van der Waals surface area contributed by atoms with Crippen LogP contribution >= 0.6 is 23.2 Å². The van der Waals surface area contributed by atoms with E-state index in [2.05, 4.69) is 0 Å². The maximum Gasteiger partial charge on any atom is 1.00 e. The molecule has 0 fully saturated rings. The van der Waals surface area contributed by atoms with Crippen molar-refractivity contribution >= 4 is 41.5 Å². The van der Waals surface area contributed by atoms with Crippen molar-refractivity contribution in [3.63, 3.8) is 0 Å². The summed E-state index contributed by atoms with van der Waals surface area (Å²) < 4.78 is 0. The van der Waals surface area contributed by atoms with Crippen LogP contribution in [0, 0.1) is 0 Å². The van der Waals surface area contributed by atoms with Gasteiger partial charge in [0.05, 0.1) is 0 Å². The molecular formula is C8H10Cl2NNaS. The number of nitrogens with two attached hydrogens (primary N) is 1. The standard InChI is InChI=1S/C6H7NS.C2H4Cl2.Na/c7-5-3-1-2-4-6(5)8;3-1-2-4;/h1-4,8H,7H2;1-2H2;/q;;+1/p-1. The zero-order valence-corrected chi connectivity index (χ0v) is 11.8. The number of halogens is 2. The van der Waals surface area contributed by atoms with Gasteiger partial charge in [0.2, 0.25) is 0 Å². The topological polar surface area (TPSA) is 26.0 Å². The molecule has 1 aromatic rings. The van der Waals surface area contributed by atoms with Crippen molar-refractivity contribution in [3.8, 4) is 0 Å². The van der Waals surface area contributed by atoms with Crippen molar-refractivity contribution in [1.82, 2.24) is 0 Å². The summed E-state index contributed by atoms with van der Waals surface area (Å²) in [5, 5.41) is 0. The van der Waals surface area contributed by atoms with Gasteiger partial charge < -0.3 is 18.4 Å². The van der Waals surface area contributed by atoms with Gasteiger partial charge in [0.15, 0.2) is 0 Å². The molecule has 0 bridgehead atoms. The van der Waals surface area contributed by atoms with Crippen LogP contribution in [0.15, 0.2) is 29.2 Å². The van der Waals surface area contributed by atoms with E-state index in [0.29, 0.717) is 17.4 Å². The van der Waals surface area contributed by atoms with Gasteiger partial charge in [0.25, 0.3) is 0 Å². The van der Waals surface area contributed by atoms with E-state index < -0.39 is 0 Å². The van der Waals surface area contributed by atoms with Crippen LogP contribution in [0.3, 0.4) is 0 Å². The van der Waals surface area contributed by atoms with Gasteiger partial charge in [-0.15, -0.1) is 23.2 Å². The molecule has 0 unspecified atom stereocenters. The van der Waals surface area contributed by atoms with E-state index in [1.165, 1.54) is 0 Å². The average molecular weight is 246 g/mol. The van der Waals surface area contributed by atoms with Crippen LogP contribution in [0.4, 0.5) is 5.69 Å². The van der Waals surface area contributed by atoms with E-state index in [1.807, 2.05) is 18.2 Å². The second kappa shape index (κ2) is 10.9. The summed E-state index contributed by atoms with van der Waals surface area (Å²) in [5.74, 6) is 1.11. The second-order valence-electron chi connectivity index (χ2n) is 1.92. The minimum atomic E-state index is 0. The Balaban J connectivity index is 0. The van der Waals surface area contributed by atoms with Crippen molar-refractivity contribution in [2.24, 2.45) is 0 Å². The molecule has 13 heavy (non-hydrogen) atoms. The fourth-order valence-corrected chi connectivity index (χ4v) is 0.627. The van der Waals surface area contributed by atoms with E-state index in [-0.39, 0.29) is 29.6 Å². The van der Waals surface area contributed by atoms with Gasteiger partial charge in [-0.2, -0.15) is 4.90 Å². The van der Waals surface area contributed by atoms with Crippen LogP contribution in [-0.4, -0.2) is 11.8 Å². The molecule has 0 spiro atoms. The van der Waals surface area contributed by atoms with Crippen LogP contribution in [-0.2, 0) is 12.6 Å². The Morgan fingerprint density at radius 2 is 1.62 bits per heavy atom. The molecule has 1 rings (SSSR count). The molecule has 0 atom stereocenters. The third kappa shape index (κ3) is 9.13. The number of benzene rings is 1. The molecule has 0 aliphatic rings. The van der Waals surface area contributed by atoms with Crippen LogP contribution in [0.2, 0.25) is 0 Å². The van der Waals surface area contributed by atoms with Crippen molar-refractivity contribution in [3.05, 3.63) is 24.3 Å². The van der Waals surface area contributed by atoms with Crippen molar-refractivity contribution in [1.29, 1.82) is 0 Å². The van der Waals surface area contributed by atoms with Crippen molar-refractivity contribution < 1.29 is 29.6 Å². The van der Waals surface area contributed by atoms with Gasteiger partial charge in [0.1, 0.15) is 0 Å². The monoisotopic (exact) mass is 245 g/mol. The SMILES string of the molecule is ClCCCl.Nc1ccccc1[S-].[Na+]. The van der Waals surface area contributed by atoms with Gasteiger partial charge in [-0.1, -0.05) is 18.2 Å². The quantitative estimate of drug-likeness (QED) is 0.317. The first-order valence-corrected chi connectivity index (χ1v) is 4.83. The first-order valence-electron chi connectivity index (χ1n) is 3.35.